The first-order valence-corrected chi connectivity index (χ1v) is 7.57. The van der Waals surface area contributed by atoms with Gasteiger partial charge in [-0.25, -0.2) is 4.98 Å². The molecule has 8 nitrogen and oxygen atoms in total. The molecule has 1 aromatic heterocycles. The van der Waals surface area contributed by atoms with Gasteiger partial charge in [-0.2, -0.15) is 13.2 Å². The Morgan fingerprint density at radius 3 is 2.48 bits per heavy atom. The van der Waals surface area contributed by atoms with Crippen LogP contribution in [-0.4, -0.2) is 22.0 Å². The van der Waals surface area contributed by atoms with Crippen molar-refractivity contribution in [3.05, 3.63) is 57.3 Å². The van der Waals surface area contributed by atoms with E-state index in [4.69, 9.17) is 11.1 Å². The van der Waals surface area contributed by atoms with Crippen molar-refractivity contribution in [2.45, 2.75) is 20.0 Å². The van der Waals surface area contributed by atoms with E-state index < -0.39 is 33.8 Å². The van der Waals surface area contributed by atoms with Gasteiger partial charge in [0.05, 0.1) is 21.7 Å². The fraction of sp³-hybridized carbons (Fsp3) is 0.188. The molecular formula is C16H16F3N5O3. The van der Waals surface area contributed by atoms with Crippen LogP contribution in [0.4, 0.5) is 30.4 Å². The predicted octanol–water partition coefficient (Wildman–Crippen LogP) is 3.87. The van der Waals surface area contributed by atoms with Gasteiger partial charge in [-0.05, 0) is 18.2 Å². The summed E-state index contributed by atoms with van der Waals surface area (Å²) in [6.07, 6.45) is -2.73. The van der Waals surface area contributed by atoms with E-state index in [-0.39, 0.29) is 23.1 Å². The first-order valence-electron chi connectivity index (χ1n) is 7.57. The summed E-state index contributed by atoms with van der Waals surface area (Å²) in [5, 5.41) is 20.6. The van der Waals surface area contributed by atoms with Crippen molar-refractivity contribution in [2.24, 2.45) is 0 Å². The molecule has 27 heavy (non-hydrogen) atoms. The van der Waals surface area contributed by atoms with E-state index in [1.807, 2.05) is 13.8 Å². The van der Waals surface area contributed by atoms with Gasteiger partial charge in [0, 0.05) is 18.5 Å². The smallest absolute Gasteiger partial charge is 0.383 e. The van der Waals surface area contributed by atoms with Gasteiger partial charge >= 0.3 is 6.18 Å². The Bertz CT molecular complexity index is 869. The zero-order chi connectivity index (χ0) is 20.8. The number of nitro groups is 1. The number of nitrogens with two attached hydrogens (primary N) is 1. The molecule has 0 aliphatic heterocycles. The van der Waals surface area contributed by atoms with Crippen LogP contribution in [-0.2, 0) is 6.18 Å². The van der Waals surface area contributed by atoms with Gasteiger partial charge in [0.1, 0.15) is 11.4 Å². The maximum absolute atomic E-state index is 12.7. The predicted molar refractivity (Wildman–Crippen MR) is 93.9 cm³/mol. The van der Waals surface area contributed by atoms with Crippen LogP contribution in [0.2, 0.25) is 0 Å². The fourth-order valence-electron chi connectivity index (χ4n) is 1.99. The molecule has 2 rings (SSSR count). The molecule has 0 saturated heterocycles. The number of halogens is 3. The second kappa shape index (κ2) is 8.74. The summed E-state index contributed by atoms with van der Waals surface area (Å²) in [5.41, 5.74) is 2.84. The first-order chi connectivity index (χ1) is 12.6. The molecule has 0 radical (unpaired) electrons. The normalized spacial score (nSPS) is 10.4. The molecule has 0 aliphatic carbocycles. The van der Waals surface area contributed by atoms with Crippen molar-refractivity contribution in [2.75, 3.05) is 11.1 Å². The van der Waals surface area contributed by atoms with E-state index in [2.05, 4.69) is 10.3 Å². The second-order valence-corrected chi connectivity index (χ2v) is 4.74. The van der Waals surface area contributed by atoms with E-state index in [0.29, 0.717) is 12.1 Å². The van der Waals surface area contributed by atoms with Crippen molar-refractivity contribution in [3.63, 3.8) is 0 Å². The van der Waals surface area contributed by atoms with Crippen LogP contribution in [0.5, 0.6) is 0 Å². The molecule has 0 fully saturated rings. The quantitative estimate of drug-likeness (QED) is 0.418. The van der Waals surface area contributed by atoms with Gasteiger partial charge in [-0.15, -0.1) is 0 Å². The van der Waals surface area contributed by atoms with Crippen LogP contribution in [0.3, 0.4) is 0 Å². The maximum Gasteiger partial charge on any atom is 0.416 e. The average Bonchev–Trinajstić information content (AvgIpc) is 2.62. The van der Waals surface area contributed by atoms with Crippen LogP contribution >= 0.6 is 0 Å². The molecule has 1 aromatic carbocycles. The van der Waals surface area contributed by atoms with E-state index in [1.54, 1.807) is 0 Å². The monoisotopic (exact) mass is 383 g/mol. The SMILES string of the molecule is CC.N=Cc1c(NC(=O)c2ccc(C(F)(F)F)cc2[N+](=O)[O-])ccnc1N. The van der Waals surface area contributed by atoms with Crippen molar-refractivity contribution in [3.8, 4) is 0 Å². The number of nitrogens with one attached hydrogen (secondary N) is 2. The zero-order valence-electron chi connectivity index (χ0n) is 14.3. The van der Waals surface area contributed by atoms with E-state index >= 15 is 0 Å². The summed E-state index contributed by atoms with van der Waals surface area (Å²) in [6.45, 7) is 4.00. The fourth-order valence-corrected chi connectivity index (χ4v) is 1.99. The van der Waals surface area contributed by atoms with Crippen molar-refractivity contribution < 1.29 is 22.9 Å². The number of carbonyl (C=O) groups excluding carboxylic acids is 1. The van der Waals surface area contributed by atoms with Crippen molar-refractivity contribution >= 4 is 29.3 Å². The number of alkyl halides is 3. The lowest BCUT2D eigenvalue weighted by Gasteiger charge is -2.11. The molecule has 1 amide bonds. The highest BCUT2D eigenvalue weighted by Gasteiger charge is 2.34. The summed E-state index contributed by atoms with van der Waals surface area (Å²) in [7, 11) is 0. The number of aromatic nitrogens is 1. The van der Waals surface area contributed by atoms with Crippen molar-refractivity contribution in [1.29, 1.82) is 5.41 Å². The minimum absolute atomic E-state index is 0.0432. The Kier molecular flexibility index (Phi) is 6.97. The number of nitro benzene ring substituents is 1. The number of hydrogen-bond donors (Lipinski definition) is 3. The number of benzene rings is 1. The summed E-state index contributed by atoms with van der Waals surface area (Å²) in [6, 6.07) is 2.86. The standard InChI is InChI=1S/C14H10F3N5O3.C2H6/c15-14(16,17)7-1-2-8(11(5-7)22(24)25)13(23)21-10-3-4-20-12(19)9(10)6-18;1-2/h1-6,18H,(H3,19,20,21,23);1-2H3. The largest absolute Gasteiger partial charge is 0.416 e. The summed E-state index contributed by atoms with van der Waals surface area (Å²) < 4.78 is 38.1. The lowest BCUT2D eigenvalue weighted by molar-refractivity contribution is -0.385. The molecule has 0 spiro atoms. The number of amides is 1. The van der Waals surface area contributed by atoms with Crippen LogP contribution < -0.4 is 11.1 Å². The van der Waals surface area contributed by atoms with Crippen LogP contribution in [0.25, 0.3) is 0 Å². The third kappa shape index (κ3) is 5.00. The van der Waals surface area contributed by atoms with Gasteiger partial charge in [0.2, 0.25) is 0 Å². The molecule has 4 N–H and O–H groups in total. The van der Waals surface area contributed by atoms with Crippen LogP contribution in [0.1, 0.15) is 35.3 Å². The number of nitrogens with zero attached hydrogens (tertiary/aromatic N) is 2. The lowest BCUT2D eigenvalue weighted by atomic mass is 10.1. The Balaban J connectivity index is 0.00000176. The number of nitrogen functional groups attached to an aromatic ring is 1. The van der Waals surface area contributed by atoms with Crippen molar-refractivity contribution in [1.82, 2.24) is 4.98 Å². The van der Waals surface area contributed by atoms with Crippen LogP contribution in [0, 0.1) is 15.5 Å². The maximum atomic E-state index is 12.7. The Morgan fingerprint density at radius 2 is 1.96 bits per heavy atom. The molecular weight excluding hydrogens is 367 g/mol. The Morgan fingerprint density at radius 1 is 1.33 bits per heavy atom. The van der Waals surface area contributed by atoms with Gasteiger partial charge in [-0.1, -0.05) is 13.8 Å². The first kappa shape index (κ1) is 21.5. The highest BCUT2D eigenvalue weighted by Crippen LogP contribution is 2.33. The van der Waals surface area contributed by atoms with Gasteiger partial charge in [0.25, 0.3) is 11.6 Å². The minimum atomic E-state index is -4.79. The third-order valence-electron chi connectivity index (χ3n) is 3.18. The third-order valence-corrected chi connectivity index (χ3v) is 3.18. The molecule has 0 atom stereocenters. The molecule has 0 saturated carbocycles. The number of hydrogen-bond acceptors (Lipinski definition) is 6. The Hall–Kier alpha value is -3.50. The molecule has 144 valence electrons. The molecule has 0 unspecified atom stereocenters. The topological polar surface area (TPSA) is 135 Å². The van der Waals surface area contributed by atoms with Gasteiger partial charge < -0.3 is 16.5 Å². The number of pyridine rings is 1. The van der Waals surface area contributed by atoms with Gasteiger partial charge in [0.15, 0.2) is 0 Å². The zero-order valence-corrected chi connectivity index (χ0v) is 14.3. The number of anilines is 2. The molecule has 1 heterocycles. The van der Waals surface area contributed by atoms with Crippen LogP contribution in [0.15, 0.2) is 30.5 Å². The minimum Gasteiger partial charge on any atom is -0.383 e. The number of carbonyl (C=O) groups is 1. The highest BCUT2D eigenvalue weighted by molar-refractivity contribution is 6.09. The summed E-state index contributed by atoms with van der Waals surface area (Å²) in [4.78, 5) is 25.9. The Labute approximate surface area is 151 Å². The summed E-state index contributed by atoms with van der Waals surface area (Å²) in [5.74, 6) is -1.08. The van der Waals surface area contributed by atoms with Gasteiger partial charge in [-0.3, -0.25) is 14.9 Å². The highest BCUT2D eigenvalue weighted by atomic mass is 19.4. The molecule has 2 aromatic rings. The second-order valence-electron chi connectivity index (χ2n) is 4.74. The number of rotatable bonds is 4. The summed E-state index contributed by atoms with van der Waals surface area (Å²) >= 11 is 0. The van der Waals surface area contributed by atoms with E-state index in [1.165, 1.54) is 12.3 Å². The average molecular weight is 383 g/mol. The molecule has 0 bridgehead atoms. The van der Waals surface area contributed by atoms with E-state index in [0.717, 1.165) is 6.21 Å². The van der Waals surface area contributed by atoms with E-state index in [9.17, 15) is 28.1 Å². The molecule has 11 heteroatoms. The molecule has 0 aliphatic rings. The lowest BCUT2D eigenvalue weighted by Crippen LogP contribution is -2.17.